The van der Waals surface area contributed by atoms with Crippen LogP contribution in [-0.2, 0) is 9.53 Å². The maximum Gasteiger partial charge on any atom is 0.306 e. The molecule has 2 rings (SSSR count). The minimum Gasteiger partial charge on any atom is -0.466 e. The number of pyridine rings is 1. The molecule has 1 fully saturated rings. The molecule has 1 heterocycles. The summed E-state index contributed by atoms with van der Waals surface area (Å²) in [7, 11) is 0. The van der Waals surface area contributed by atoms with Gasteiger partial charge in [-0.05, 0) is 49.3 Å². The molecule has 0 amide bonds. The maximum absolute atomic E-state index is 13.1. The highest BCUT2D eigenvalue weighted by Gasteiger charge is 2.34. The average molecular weight is 237 g/mol. The van der Waals surface area contributed by atoms with Gasteiger partial charge in [0.1, 0.15) is 0 Å². The van der Waals surface area contributed by atoms with Crippen molar-refractivity contribution in [3.05, 3.63) is 29.8 Å². The summed E-state index contributed by atoms with van der Waals surface area (Å²) in [6.45, 7) is 2.18. The van der Waals surface area contributed by atoms with Crippen molar-refractivity contribution in [1.82, 2.24) is 4.98 Å². The van der Waals surface area contributed by atoms with Crippen LogP contribution in [0.5, 0.6) is 0 Å². The topological polar surface area (TPSA) is 39.2 Å². The standard InChI is InChI=1S/C13H16FNO2/c1-2-17-13(16)8-11(9-3-4-9)10-5-6-15-12(14)7-10/h5-7,9,11H,2-4,8H2,1H3. The number of nitrogens with zero attached hydrogens (tertiary/aromatic N) is 1. The van der Waals surface area contributed by atoms with Crippen LogP contribution >= 0.6 is 0 Å². The zero-order chi connectivity index (χ0) is 12.3. The Morgan fingerprint density at radius 2 is 2.41 bits per heavy atom. The summed E-state index contributed by atoms with van der Waals surface area (Å²) in [6, 6.07) is 3.20. The first-order valence-electron chi connectivity index (χ1n) is 5.97. The van der Waals surface area contributed by atoms with Crippen molar-refractivity contribution >= 4 is 5.97 Å². The van der Waals surface area contributed by atoms with E-state index in [2.05, 4.69) is 4.98 Å². The van der Waals surface area contributed by atoms with Crippen LogP contribution in [0.1, 0.15) is 37.7 Å². The molecule has 1 saturated carbocycles. The molecule has 92 valence electrons. The second-order valence-electron chi connectivity index (χ2n) is 4.36. The van der Waals surface area contributed by atoms with E-state index in [1.165, 1.54) is 12.3 Å². The first-order chi connectivity index (χ1) is 8.20. The number of rotatable bonds is 5. The fourth-order valence-electron chi connectivity index (χ4n) is 2.10. The Morgan fingerprint density at radius 1 is 1.65 bits per heavy atom. The van der Waals surface area contributed by atoms with E-state index in [9.17, 15) is 9.18 Å². The van der Waals surface area contributed by atoms with Crippen molar-refractivity contribution < 1.29 is 13.9 Å². The molecular formula is C13H16FNO2. The minimum atomic E-state index is -0.489. The molecule has 0 aromatic carbocycles. The van der Waals surface area contributed by atoms with Gasteiger partial charge >= 0.3 is 5.97 Å². The lowest BCUT2D eigenvalue weighted by atomic mass is 9.92. The van der Waals surface area contributed by atoms with E-state index in [1.807, 2.05) is 0 Å². The summed E-state index contributed by atoms with van der Waals surface area (Å²) < 4.78 is 18.0. The van der Waals surface area contributed by atoms with E-state index >= 15 is 0 Å². The van der Waals surface area contributed by atoms with Crippen molar-refractivity contribution in [2.75, 3.05) is 6.61 Å². The molecule has 4 heteroatoms. The Hall–Kier alpha value is -1.45. The number of ether oxygens (including phenoxy) is 1. The second-order valence-corrected chi connectivity index (χ2v) is 4.36. The van der Waals surface area contributed by atoms with E-state index < -0.39 is 5.95 Å². The Kier molecular flexibility index (Phi) is 3.71. The lowest BCUT2D eigenvalue weighted by Crippen LogP contribution is -2.12. The molecule has 1 unspecified atom stereocenters. The van der Waals surface area contributed by atoms with E-state index in [-0.39, 0.29) is 11.9 Å². The van der Waals surface area contributed by atoms with Crippen molar-refractivity contribution in [3.63, 3.8) is 0 Å². The molecule has 0 bridgehead atoms. The third-order valence-electron chi connectivity index (χ3n) is 3.06. The van der Waals surface area contributed by atoms with Crippen molar-refractivity contribution in [3.8, 4) is 0 Å². The molecule has 1 aliphatic rings. The van der Waals surface area contributed by atoms with Crippen molar-refractivity contribution in [2.24, 2.45) is 5.92 Å². The number of hydrogen-bond donors (Lipinski definition) is 0. The molecule has 3 nitrogen and oxygen atoms in total. The number of aromatic nitrogens is 1. The van der Waals surface area contributed by atoms with Crippen LogP contribution in [0.15, 0.2) is 18.3 Å². The third kappa shape index (κ3) is 3.25. The van der Waals surface area contributed by atoms with Gasteiger partial charge in [-0.2, -0.15) is 4.39 Å². The molecule has 0 aliphatic heterocycles. The minimum absolute atomic E-state index is 0.0755. The predicted molar refractivity (Wildman–Crippen MR) is 60.9 cm³/mol. The van der Waals surface area contributed by atoms with Gasteiger partial charge < -0.3 is 4.74 Å². The highest BCUT2D eigenvalue weighted by molar-refractivity contribution is 5.70. The largest absolute Gasteiger partial charge is 0.466 e. The van der Waals surface area contributed by atoms with Crippen LogP contribution in [0.2, 0.25) is 0 Å². The van der Waals surface area contributed by atoms with E-state index in [1.54, 1.807) is 13.0 Å². The summed E-state index contributed by atoms with van der Waals surface area (Å²) in [4.78, 5) is 15.0. The van der Waals surface area contributed by atoms with Crippen LogP contribution in [0.25, 0.3) is 0 Å². The summed E-state index contributed by atoms with van der Waals surface area (Å²) >= 11 is 0. The van der Waals surface area contributed by atoms with Crippen LogP contribution in [0, 0.1) is 11.9 Å². The van der Waals surface area contributed by atoms with Crippen LogP contribution in [0.4, 0.5) is 4.39 Å². The van der Waals surface area contributed by atoms with Crippen LogP contribution < -0.4 is 0 Å². The average Bonchev–Trinajstić information content (AvgIpc) is 3.10. The van der Waals surface area contributed by atoms with Crippen molar-refractivity contribution in [1.29, 1.82) is 0 Å². The monoisotopic (exact) mass is 237 g/mol. The normalized spacial score (nSPS) is 16.6. The Bertz CT molecular complexity index is 404. The predicted octanol–water partition coefficient (Wildman–Crippen LogP) is 2.67. The molecule has 1 aromatic heterocycles. The molecule has 0 spiro atoms. The number of hydrogen-bond acceptors (Lipinski definition) is 3. The van der Waals surface area contributed by atoms with Gasteiger partial charge in [-0.1, -0.05) is 0 Å². The maximum atomic E-state index is 13.1. The zero-order valence-electron chi connectivity index (χ0n) is 9.86. The van der Waals surface area contributed by atoms with Gasteiger partial charge in [-0.3, -0.25) is 4.79 Å². The van der Waals surface area contributed by atoms with Gasteiger partial charge in [0.25, 0.3) is 0 Å². The lowest BCUT2D eigenvalue weighted by Gasteiger charge is -2.15. The highest BCUT2D eigenvalue weighted by Crippen LogP contribution is 2.44. The lowest BCUT2D eigenvalue weighted by molar-refractivity contribution is -0.143. The quantitative estimate of drug-likeness (QED) is 0.583. The van der Waals surface area contributed by atoms with Crippen LogP contribution in [-0.4, -0.2) is 17.6 Å². The van der Waals surface area contributed by atoms with Crippen molar-refractivity contribution in [2.45, 2.75) is 32.1 Å². The van der Waals surface area contributed by atoms with Gasteiger partial charge in [-0.25, -0.2) is 4.98 Å². The summed E-state index contributed by atoms with van der Waals surface area (Å²) in [5.41, 5.74) is 0.855. The third-order valence-corrected chi connectivity index (χ3v) is 3.06. The molecule has 0 radical (unpaired) electrons. The first-order valence-corrected chi connectivity index (χ1v) is 5.97. The molecule has 17 heavy (non-hydrogen) atoms. The smallest absolute Gasteiger partial charge is 0.306 e. The number of carbonyl (C=O) groups is 1. The summed E-state index contributed by atoms with van der Waals surface area (Å²) in [5, 5.41) is 0. The van der Waals surface area contributed by atoms with Crippen LogP contribution in [0.3, 0.4) is 0 Å². The molecule has 1 aromatic rings. The van der Waals surface area contributed by atoms with Gasteiger partial charge in [0, 0.05) is 6.20 Å². The molecule has 0 saturated heterocycles. The second kappa shape index (κ2) is 5.25. The van der Waals surface area contributed by atoms with Gasteiger partial charge in [0.05, 0.1) is 13.0 Å². The molecular weight excluding hydrogens is 221 g/mol. The zero-order valence-corrected chi connectivity index (χ0v) is 9.86. The Morgan fingerprint density at radius 3 is 3.00 bits per heavy atom. The SMILES string of the molecule is CCOC(=O)CC(c1ccnc(F)c1)C1CC1. The summed E-state index contributed by atoms with van der Waals surface area (Å²) in [6.07, 6.45) is 4.00. The Labute approximate surface area is 100 Å². The number of carbonyl (C=O) groups excluding carboxylic acids is 1. The molecule has 1 aliphatic carbocycles. The Balaban J connectivity index is 2.09. The summed E-state index contributed by atoms with van der Waals surface area (Å²) in [5.74, 6) is -0.133. The van der Waals surface area contributed by atoms with E-state index in [0.29, 0.717) is 18.9 Å². The first kappa shape index (κ1) is 12.0. The van der Waals surface area contributed by atoms with Gasteiger partial charge in [0.15, 0.2) is 0 Å². The van der Waals surface area contributed by atoms with Gasteiger partial charge in [0.2, 0.25) is 5.95 Å². The number of halogens is 1. The van der Waals surface area contributed by atoms with Gasteiger partial charge in [-0.15, -0.1) is 0 Å². The fraction of sp³-hybridized carbons (Fsp3) is 0.538. The highest BCUT2D eigenvalue weighted by atomic mass is 19.1. The fourth-order valence-corrected chi connectivity index (χ4v) is 2.10. The molecule has 1 atom stereocenters. The molecule has 0 N–H and O–H groups in total. The van der Waals surface area contributed by atoms with E-state index in [4.69, 9.17) is 4.74 Å². The number of esters is 1. The van der Waals surface area contributed by atoms with E-state index in [0.717, 1.165) is 18.4 Å².